The average molecular weight is 438 g/mol. The molecule has 0 bridgehead atoms. The summed E-state index contributed by atoms with van der Waals surface area (Å²) in [6.07, 6.45) is 5.81. The molecular weight excluding hydrogens is 408 g/mol. The molecule has 1 aliphatic rings. The number of carbonyl (C=O) groups excluding carboxylic acids is 1. The highest BCUT2D eigenvalue weighted by molar-refractivity contribution is 6.15. The van der Waals surface area contributed by atoms with Crippen LogP contribution >= 0.6 is 11.6 Å². The van der Waals surface area contributed by atoms with E-state index in [0.717, 1.165) is 18.0 Å². The van der Waals surface area contributed by atoms with Gasteiger partial charge in [-0.2, -0.15) is 5.26 Å². The van der Waals surface area contributed by atoms with Crippen molar-refractivity contribution in [2.75, 3.05) is 31.8 Å². The number of nitrogens with one attached hydrogen (secondary N) is 1. The fourth-order valence-corrected chi connectivity index (χ4v) is 2.42. The van der Waals surface area contributed by atoms with E-state index in [1.807, 2.05) is 13.0 Å². The number of nitriles is 1. The number of aldehydes is 1. The smallest absolute Gasteiger partial charge is 0.163 e. The van der Waals surface area contributed by atoms with Gasteiger partial charge in [-0.3, -0.25) is 0 Å². The summed E-state index contributed by atoms with van der Waals surface area (Å²) in [6.45, 7) is 4.64. The molecule has 1 fully saturated rings. The van der Waals surface area contributed by atoms with Gasteiger partial charge in [0.1, 0.15) is 6.29 Å². The topological polar surface area (TPSA) is 56.1 Å². The molecule has 0 radical (unpaired) electrons. The van der Waals surface area contributed by atoms with E-state index in [1.165, 1.54) is 44.4 Å². The molecule has 0 unspecified atom stereocenters. The molecule has 1 saturated heterocycles. The van der Waals surface area contributed by atoms with Crippen molar-refractivity contribution in [2.24, 2.45) is 0 Å². The van der Waals surface area contributed by atoms with Crippen LogP contribution in [0.15, 0.2) is 42.5 Å². The van der Waals surface area contributed by atoms with E-state index in [-0.39, 0.29) is 12.1 Å². The second-order valence-corrected chi connectivity index (χ2v) is 6.34. The standard InChI is InChI=1S/C14H10F2N2.C5H11N.C3H6O.CH3Cl/c15-13-3-1-2-11(14(13)16)9-18-12-6-4-10(8-17)5-7-12;1-6-4-2-3-5-6;1-2-3-4;1-2/h1-7,18H,9H2;2-5H2,1H3;3H,2H2,1H3;1H3. The second kappa shape index (κ2) is 17.4. The molecule has 2 aromatic carbocycles. The Bertz CT molecular complexity index is 758. The van der Waals surface area contributed by atoms with Gasteiger partial charge < -0.3 is 15.0 Å². The maximum atomic E-state index is 13.4. The van der Waals surface area contributed by atoms with Gasteiger partial charge in [0.2, 0.25) is 0 Å². The van der Waals surface area contributed by atoms with Gasteiger partial charge in [-0.25, -0.2) is 8.78 Å². The van der Waals surface area contributed by atoms with E-state index >= 15 is 0 Å². The summed E-state index contributed by atoms with van der Waals surface area (Å²) in [5, 5.41) is 11.6. The third kappa shape index (κ3) is 11.5. The molecule has 0 aliphatic carbocycles. The van der Waals surface area contributed by atoms with Crippen LogP contribution < -0.4 is 5.32 Å². The van der Waals surface area contributed by atoms with Gasteiger partial charge in [0.05, 0.1) is 11.6 Å². The first-order valence-electron chi connectivity index (χ1n) is 9.68. The molecule has 0 saturated carbocycles. The van der Waals surface area contributed by atoms with Gasteiger partial charge in [-0.15, -0.1) is 11.6 Å². The van der Waals surface area contributed by atoms with Gasteiger partial charge >= 0.3 is 0 Å². The van der Waals surface area contributed by atoms with Crippen molar-refractivity contribution < 1.29 is 13.6 Å². The lowest BCUT2D eigenvalue weighted by Crippen LogP contribution is -2.10. The number of hydrogen-bond acceptors (Lipinski definition) is 4. The van der Waals surface area contributed by atoms with Gasteiger partial charge in [0, 0.05) is 30.6 Å². The zero-order valence-corrected chi connectivity index (χ0v) is 18.6. The molecule has 4 nitrogen and oxygen atoms in total. The molecule has 0 amide bonds. The Morgan fingerprint density at radius 1 is 1.13 bits per heavy atom. The van der Waals surface area contributed by atoms with E-state index in [9.17, 15) is 13.6 Å². The monoisotopic (exact) mass is 437 g/mol. The van der Waals surface area contributed by atoms with Crippen molar-refractivity contribution in [1.29, 1.82) is 5.26 Å². The van der Waals surface area contributed by atoms with E-state index in [2.05, 4.69) is 28.9 Å². The molecule has 0 aromatic heterocycles. The van der Waals surface area contributed by atoms with Crippen LogP contribution in [0.25, 0.3) is 0 Å². The average Bonchev–Trinajstić information content (AvgIpc) is 3.28. The van der Waals surface area contributed by atoms with E-state index in [4.69, 9.17) is 5.26 Å². The Morgan fingerprint density at radius 2 is 1.70 bits per heavy atom. The van der Waals surface area contributed by atoms with Crippen LogP contribution in [0.1, 0.15) is 37.3 Å². The predicted octanol–water partition coefficient (Wildman–Crippen LogP) is 5.61. The zero-order valence-electron chi connectivity index (χ0n) is 17.8. The molecule has 7 heteroatoms. The van der Waals surface area contributed by atoms with Crippen LogP contribution in [-0.2, 0) is 11.3 Å². The first kappa shape index (κ1) is 27.5. The molecule has 1 aliphatic heterocycles. The Morgan fingerprint density at radius 3 is 2.13 bits per heavy atom. The normalized spacial score (nSPS) is 12.0. The summed E-state index contributed by atoms with van der Waals surface area (Å²) in [4.78, 5) is 11.5. The Kier molecular flexibility index (Phi) is 15.9. The number of anilines is 1. The van der Waals surface area contributed by atoms with Crippen LogP contribution in [0.2, 0.25) is 0 Å². The molecule has 30 heavy (non-hydrogen) atoms. The van der Waals surface area contributed by atoms with E-state index in [0.29, 0.717) is 12.0 Å². The van der Waals surface area contributed by atoms with Crippen LogP contribution in [0.3, 0.4) is 0 Å². The molecule has 0 spiro atoms. The van der Waals surface area contributed by atoms with Crippen LogP contribution in [0.5, 0.6) is 0 Å². The van der Waals surface area contributed by atoms with Crippen molar-refractivity contribution in [1.82, 2.24) is 4.90 Å². The number of carbonyl (C=O) groups is 1. The van der Waals surface area contributed by atoms with E-state index in [1.54, 1.807) is 24.3 Å². The Labute approximate surface area is 183 Å². The fourth-order valence-electron chi connectivity index (χ4n) is 2.42. The summed E-state index contributed by atoms with van der Waals surface area (Å²) < 4.78 is 26.3. The third-order valence-electron chi connectivity index (χ3n) is 4.02. The molecule has 164 valence electrons. The number of benzene rings is 2. The zero-order chi connectivity index (χ0) is 22.8. The number of nitrogens with zero attached hydrogens (tertiary/aromatic N) is 2. The summed E-state index contributed by atoms with van der Waals surface area (Å²) >= 11 is 4.64. The molecule has 3 rings (SSSR count). The molecule has 0 atom stereocenters. The molecular formula is C23H30ClF2N3O. The van der Waals surface area contributed by atoms with Crippen LogP contribution in [0.4, 0.5) is 14.5 Å². The highest BCUT2D eigenvalue weighted by atomic mass is 35.5. The summed E-state index contributed by atoms with van der Waals surface area (Å²) in [7, 11) is 2.17. The lowest BCUT2D eigenvalue weighted by molar-refractivity contribution is -0.107. The maximum Gasteiger partial charge on any atom is 0.163 e. The minimum atomic E-state index is -0.853. The molecule has 2 aromatic rings. The highest BCUT2D eigenvalue weighted by Crippen LogP contribution is 2.14. The Hall–Kier alpha value is -2.49. The van der Waals surface area contributed by atoms with E-state index < -0.39 is 11.6 Å². The number of alkyl halides is 1. The minimum Gasteiger partial charge on any atom is -0.381 e. The lowest BCUT2D eigenvalue weighted by Gasteiger charge is -2.07. The highest BCUT2D eigenvalue weighted by Gasteiger charge is 2.06. The lowest BCUT2D eigenvalue weighted by atomic mass is 10.2. The summed E-state index contributed by atoms with van der Waals surface area (Å²) in [5.41, 5.74) is 1.56. The van der Waals surface area contributed by atoms with Crippen molar-refractivity contribution in [3.8, 4) is 6.07 Å². The van der Waals surface area contributed by atoms with Crippen LogP contribution in [0, 0.1) is 23.0 Å². The van der Waals surface area contributed by atoms with Crippen molar-refractivity contribution >= 4 is 23.6 Å². The van der Waals surface area contributed by atoms with Gasteiger partial charge in [0.15, 0.2) is 11.6 Å². The summed E-state index contributed by atoms with van der Waals surface area (Å²) in [5.74, 6) is -1.69. The second-order valence-electron chi connectivity index (χ2n) is 6.34. The Balaban J connectivity index is 0.000000575. The largest absolute Gasteiger partial charge is 0.381 e. The predicted molar refractivity (Wildman–Crippen MR) is 120 cm³/mol. The number of rotatable bonds is 4. The first-order chi connectivity index (χ1) is 14.5. The summed E-state index contributed by atoms with van der Waals surface area (Å²) in [6, 6.07) is 12.8. The first-order valence-corrected chi connectivity index (χ1v) is 10.4. The maximum absolute atomic E-state index is 13.4. The molecule has 1 heterocycles. The quantitative estimate of drug-likeness (QED) is 0.498. The SMILES string of the molecule is CCC=O.CCl.CN1CCCC1.N#Cc1ccc(NCc2cccc(F)c2F)cc1. The number of hydrogen-bond donors (Lipinski definition) is 1. The number of likely N-dealkylation sites (tertiary alicyclic amines) is 1. The minimum absolute atomic E-state index is 0.190. The van der Waals surface area contributed by atoms with Crippen molar-refractivity contribution in [3.05, 3.63) is 65.2 Å². The number of halogens is 3. The van der Waals surface area contributed by atoms with Gasteiger partial charge in [-0.05, 0) is 63.3 Å². The fraction of sp³-hybridized carbons (Fsp3) is 0.391. The van der Waals surface area contributed by atoms with Crippen molar-refractivity contribution in [3.63, 3.8) is 0 Å². The van der Waals surface area contributed by atoms with Crippen molar-refractivity contribution in [2.45, 2.75) is 32.7 Å². The van der Waals surface area contributed by atoms with Crippen LogP contribution in [-0.4, -0.2) is 37.7 Å². The molecule has 1 N–H and O–H groups in total. The van der Waals surface area contributed by atoms with Gasteiger partial charge in [-0.1, -0.05) is 19.1 Å². The van der Waals surface area contributed by atoms with Gasteiger partial charge in [0.25, 0.3) is 0 Å². The third-order valence-corrected chi connectivity index (χ3v) is 4.02.